The molecule has 2 rings (SSSR count). The number of benzene rings is 2. The van der Waals surface area contributed by atoms with E-state index >= 15 is 0 Å². The van der Waals surface area contributed by atoms with Crippen molar-refractivity contribution < 1.29 is 13.6 Å². The van der Waals surface area contributed by atoms with Crippen molar-refractivity contribution in [3.05, 3.63) is 71.3 Å². The molecule has 0 radical (unpaired) electrons. The number of carbonyl (C=O) groups excluding carboxylic acids is 1. The summed E-state index contributed by atoms with van der Waals surface area (Å²) >= 11 is 0. The van der Waals surface area contributed by atoms with Crippen LogP contribution in [0.4, 0.5) is 8.78 Å². The Morgan fingerprint density at radius 3 is 2.20 bits per heavy atom. The van der Waals surface area contributed by atoms with Crippen LogP contribution in [0.5, 0.6) is 0 Å². The van der Waals surface area contributed by atoms with Crippen LogP contribution in [-0.4, -0.2) is 6.29 Å². The molecule has 2 aromatic carbocycles. The van der Waals surface area contributed by atoms with Gasteiger partial charge in [0, 0.05) is 18.1 Å². The molecule has 0 aliphatic rings. The maximum Gasteiger partial charge on any atom is 0.271 e. The van der Waals surface area contributed by atoms with E-state index in [9.17, 15) is 13.6 Å². The van der Waals surface area contributed by atoms with Gasteiger partial charge in [-0.2, -0.15) is 0 Å². The molecule has 0 bridgehead atoms. The van der Waals surface area contributed by atoms with Crippen LogP contribution < -0.4 is 0 Å². The lowest BCUT2D eigenvalue weighted by molar-refractivity contribution is -0.103. The van der Waals surface area contributed by atoms with Crippen LogP contribution in [0.1, 0.15) is 23.6 Å². The zero-order chi connectivity index (χ0) is 14.6. The summed E-state index contributed by atoms with van der Waals surface area (Å²) in [4.78, 5) is 11.3. The number of halogens is 2. The van der Waals surface area contributed by atoms with Crippen LogP contribution in [0, 0.1) is 0 Å². The summed E-state index contributed by atoms with van der Waals surface area (Å²) in [6.45, 7) is 0.830. The van der Waals surface area contributed by atoms with E-state index in [1.54, 1.807) is 18.2 Å². The molecule has 0 atom stereocenters. The topological polar surface area (TPSA) is 17.1 Å². The zero-order valence-electron chi connectivity index (χ0n) is 11.0. The number of rotatable bonds is 4. The first-order valence-corrected chi connectivity index (χ1v) is 6.22. The normalized spacial score (nSPS) is 12.2. The van der Waals surface area contributed by atoms with Crippen molar-refractivity contribution in [2.24, 2.45) is 0 Å². The zero-order valence-corrected chi connectivity index (χ0v) is 11.0. The predicted molar refractivity (Wildman–Crippen MR) is 76.4 cm³/mol. The van der Waals surface area contributed by atoms with Crippen LogP contribution in [0.25, 0.3) is 11.6 Å². The van der Waals surface area contributed by atoms with Crippen LogP contribution >= 0.6 is 0 Å². The Balaban J connectivity index is 2.54. The lowest BCUT2D eigenvalue weighted by Gasteiger charge is -2.15. The van der Waals surface area contributed by atoms with Gasteiger partial charge in [-0.3, -0.25) is 4.79 Å². The van der Waals surface area contributed by atoms with E-state index in [0.29, 0.717) is 6.29 Å². The van der Waals surface area contributed by atoms with Crippen molar-refractivity contribution in [1.82, 2.24) is 0 Å². The van der Waals surface area contributed by atoms with E-state index < -0.39 is 5.92 Å². The number of hydrogen-bond acceptors (Lipinski definition) is 1. The lowest BCUT2D eigenvalue weighted by Crippen LogP contribution is -2.10. The van der Waals surface area contributed by atoms with Crippen molar-refractivity contribution in [2.75, 3.05) is 0 Å². The van der Waals surface area contributed by atoms with E-state index in [1.165, 1.54) is 12.1 Å². The summed E-state index contributed by atoms with van der Waals surface area (Å²) in [6, 6.07) is 15.2. The highest BCUT2D eigenvalue weighted by atomic mass is 19.3. The molecule has 0 aliphatic heterocycles. The molecule has 0 saturated heterocycles. The minimum absolute atomic E-state index is 0.144. The van der Waals surface area contributed by atoms with Gasteiger partial charge in [0.15, 0.2) is 6.29 Å². The number of aldehydes is 1. The monoisotopic (exact) mass is 272 g/mol. The van der Waals surface area contributed by atoms with Gasteiger partial charge in [-0.05, 0) is 17.2 Å². The van der Waals surface area contributed by atoms with Gasteiger partial charge in [0.05, 0.1) is 0 Å². The van der Waals surface area contributed by atoms with E-state index in [0.717, 1.165) is 12.5 Å². The molecule has 2 aromatic rings. The summed E-state index contributed by atoms with van der Waals surface area (Å²) in [6.07, 6.45) is 2.22. The number of allylic oxidation sites excluding steroid dienone is 1. The first kappa shape index (κ1) is 14.1. The fourth-order valence-electron chi connectivity index (χ4n) is 2.02. The van der Waals surface area contributed by atoms with Gasteiger partial charge in [-0.1, -0.05) is 54.6 Å². The van der Waals surface area contributed by atoms with Gasteiger partial charge in [-0.25, -0.2) is 8.78 Å². The predicted octanol–water partition coefficient (Wildman–Crippen LogP) is 4.54. The highest BCUT2D eigenvalue weighted by molar-refractivity contribution is 6.13. The second-order valence-electron chi connectivity index (χ2n) is 4.56. The Labute approximate surface area is 116 Å². The maximum atomic E-state index is 13.6. The summed E-state index contributed by atoms with van der Waals surface area (Å²) in [7, 11) is 0. The third kappa shape index (κ3) is 3.18. The molecule has 0 spiro atoms. The summed E-state index contributed by atoms with van der Waals surface area (Å²) < 4.78 is 27.2. The minimum atomic E-state index is -2.99. The summed E-state index contributed by atoms with van der Waals surface area (Å²) in [5.41, 5.74) is 1.16. The van der Waals surface area contributed by atoms with E-state index in [-0.39, 0.29) is 16.7 Å². The third-order valence-corrected chi connectivity index (χ3v) is 2.96. The molecule has 0 amide bonds. The molecule has 0 aromatic heterocycles. The molecule has 20 heavy (non-hydrogen) atoms. The quantitative estimate of drug-likeness (QED) is 0.454. The van der Waals surface area contributed by atoms with Crippen molar-refractivity contribution in [1.29, 1.82) is 0 Å². The van der Waals surface area contributed by atoms with E-state index in [1.807, 2.05) is 30.3 Å². The van der Waals surface area contributed by atoms with E-state index in [2.05, 4.69) is 0 Å². The lowest BCUT2D eigenvalue weighted by atomic mass is 9.95. The van der Waals surface area contributed by atoms with Gasteiger partial charge in [0.2, 0.25) is 0 Å². The third-order valence-electron chi connectivity index (χ3n) is 2.96. The molecule has 0 saturated carbocycles. The first-order chi connectivity index (χ1) is 9.52. The summed E-state index contributed by atoms with van der Waals surface area (Å²) in [5.74, 6) is -2.99. The average Bonchev–Trinajstić information content (AvgIpc) is 2.45. The van der Waals surface area contributed by atoms with Crippen molar-refractivity contribution >= 4 is 17.9 Å². The highest BCUT2D eigenvalue weighted by Crippen LogP contribution is 2.33. The molecule has 3 heteroatoms. The van der Waals surface area contributed by atoms with Crippen LogP contribution in [0.2, 0.25) is 0 Å². The van der Waals surface area contributed by atoms with E-state index in [4.69, 9.17) is 0 Å². The van der Waals surface area contributed by atoms with Crippen LogP contribution in [0.3, 0.4) is 0 Å². The molecule has 0 aliphatic carbocycles. The summed E-state index contributed by atoms with van der Waals surface area (Å²) in [5, 5.41) is 0. The molecule has 0 N–H and O–H groups in total. The molecule has 0 heterocycles. The van der Waals surface area contributed by atoms with Gasteiger partial charge in [0.1, 0.15) is 0 Å². The van der Waals surface area contributed by atoms with Crippen molar-refractivity contribution in [3.8, 4) is 0 Å². The van der Waals surface area contributed by atoms with Gasteiger partial charge >= 0.3 is 0 Å². The molecule has 0 unspecified atom stereocenters. The molecular formula is C17H14F2O. The molecular weight excluding hydrogens is 258 g/mol. The van der Waals surface area contributed by atoms with Gasteiger partial charge in [0.25, 0.3) is 5.92 Å². The van der Waals surface area contributed by atoms with Crippen molar-refractivity contribution in [2.45, 2.75) is 12.8 Å². The van der Waals surface area contributed by atoms with Crippen LogP contribution in [-0.2, 0) is 10.7 Å². The molecule has 102 valence electrons. The smallest absolute Gasteiger partial charge is 0.271 e. The Bertz CT molecular complexity index is 625. The van der Waals surface area contributed by atoms with Gasteiger partial charge in [-0.15, -0.1) is 0 Å². The Hall–Kier alpha value is -2.29. The molecule has 1 nitrogen and oxygen atoms in total. The highest BCUT2D eigenvalue weighted by Gasteiger charge is 2.28. The Morgan fingerprint density at radius 2 is 1.60 bits per heavy atom. The Morgan fingerprint density at radius 1 is 1.00 bits per heavy atom. The maximum absolute atomic E-state index is 13.6. The minimum Gasteiger partial charge on any atom is -0.298 e. The Kier molecular flexibility index (Phi) is 4.08. The fourth-order valence-corrected chi connectivity index (χ4v) is 2.02. The molecule has 0 fully saturated rings. The fraction of sp³-hybridized carbons (Fsp3) is 0.118. The largest absolute Gasteiger partial charge is 0.298 e. The number of hydrogen-bond donors (Lipinski definition) is 0. The number of alkyl halides is 2. The van der Waals surface area contributed by atoms with Gasteiger partial charge < -0.3 is 0 Å². The first-order valence-electron chi connectivity index (χ1n) is 6.22. The standard InChI is InChI=1S/C17H14F2O/c1-17(18,19)16-10-6-5-9-15(16)14(12-20)11-13-7-3-2-4-8-13/h2-12H,1H3/b14-11+. The number of carbonyl (C=O) groups is 1. The second-order valence-corrected chi connectivity index (χ2v) is 4.56. The van der Waals surface area contributed by atoms with Crippen molar-refractivity contribution in [3.63, 3.8) is 0 Å². The van der Waals surface area contributed by atoms with Crippen LogP contribution in [0.15, 0.2) is 54.6 Å². The second kappa shape index (κ2) is 5.78. The SMILES string of the molecule is CC(F)(F)c1ccccc1/C(C=O)=C/c1ccccc1. The average molecular weight is 272 g/mol.